The Morgan fingerprint density at radius 1 is 1.15 bits per heavy atom. The van der Waals surface area contributed by atoms with Crippen molar-refractivity contribution in [2.45, 2.75) is 45.3 Å². The van der Waals surface area contributed by atoms with Crippen molar-refractivity contribution in [3.05, 3.63) is 59.3 Å². The smallest absolute Gasteiger partial charge is 0.0980 e. The van der Waals surface area contributed by atoms with Crippen LogP contribution in [0.2, 0.25) is 11.6 Å². The monoisotopic (exact) mass is 285 g/mol. The van der Waals surface area contributed by atoms with Crippen molar-refractivity contribution in [3.8, 4) is 0 Å². The van der Waals surface area contributed by atoms with Gasteiger partial charge in [-0.25, -0.2) is 0 Å². The second kappa shape index (κ2) is 6.11. The molecule has 1 unspecified atom stereocenters. The molecule has 1 N–H and O–H groups in total. The van der Waals surface area contributed by atoms with Gasteiger partial charge in [0.15, 0.2) is 0 Å². The van der Waals surface area contributed by atoms with E-state index in [0.29, 0.717) is 5.04 Å². The van der Waals surface area contributed by atoms with Crippen LogP contribution in [0.5, 0.6) is 0 Å². The summed E-state index contributed by atoms with van der Waals surface area (Å²) in [6.07, 6.45) is 9.20. The molecule has 2 heteroatoms. The van der Waals surface area contributed by atoms with Crippen LogP contribution in [-0.4, -0.2) is 14.2 Å². The molecule has 0 aliphatic heterocycles. The molecule has 0 radical (unpaired) electrons. The molecular formula is C18H27NSi. The van der Waals surface area contributed by atoms with Gasteiger partial charge >= 0.3 is 0 Å². The Morgan fingerprint density at radius 2 is 1.85 bits per heavy atom. The van der Waals surface area contributed by atoms with Crippen molar-refractivity contribution in [2.75, 3.05) is 6.17 Å². The molecule has 1 aromatic rings. The molecule has 1 aliphatic carbocycles. The average Bonchev–Trinajstić information content (AvgIpc) is 2.92. The quantitative estimate of drug-likeness (QED) is 0.778. The van der Waals surface area contributed by atoms with Crippen LogP contribution in [0.3, 0.4) is 0 Å². The van der Waals surface area contributed by atoms with E-state index in [-0.39, 0.29) is 0 Å². The van der Waals surface area contributed by atoms with Crippen LogP contribution < -0.4 is 5.32 Å². The van der Waals surface area contributed by atoms with E-state index in [1.807, 2.05) is 0 Å². The number of hydrogen-bond donors (Lipinski definition) is 1. The molecule has 0 amide bonds. The maximum absolute atomic E-state index is 3.72. The van der Waals surface area contributed by atoms with Crippen molar-refractivity contribution >= 4 is 8.07 Å². The minimum Gasteiger partial charge on any atom is -0.315 e. The van der Waals surface area contributed by atoms with Gasteiger partial charge in [-0.05, 0) is 23.2 Å². The molecule has 20 heavy (non-hydrogen) atoms. The molecule has 1 atom stereocenters. The Morgan fingerprint density at radius 3 is 2.40 bits per heavy atom. The molecule has 1 nitrogen and oxygen atoms in total. The third-order valence-electron chi connectivity index (χ3n) is 4.79. The predicted octanol–water partition coefficient (Wildman–Crippen LogP) is 4.62. The van der Waals surface area contributed by atoms with Crippen molar-refractivity contribution in [1.29, 1.82) is 0 Å². The first-order valence-corrected chi connectivity index (χ1v) is 10.2. The van der Waals surface area contributed by atoms with Crippen molar-refractivity contribution < 1.29 is 0 Å². The SMILES string of the molecule is CC(C)(C)[Si](C)(CNCc1ccccc1)C1=CC=CC1. The molecule has 0 heterocycles. The van der Waals surface area contributed by atoms with Gasteiger partial charge in [0, 0.05) is 6.54 Å². The first-order chi connectivity index (χ1) is 9.43. The minimum absolute atomic E-state index is 0.383. The lowest BCUT2D eigenvalue weighted by Gasteiger charge is -2.42. The molecule has 1 aromatic carbocycles. The molecule has 0 saturated carbocycles. The number of nitrogens with one attached hydrogen (secondary N) is 1. The molecule has 0 saturated heterocycles. The van der Waals surface area contributed by atoms with Gasteiger partial charge < -0.3 is 5.32 Å². The third kappa shape index (κ3) is 3.31. The van der Waals surface area contributed by atoms with Crippen LogP contribution in [0.1, 0.15) is 32.8 Å². The van der Waals surface area contributed by atoms with Gasteiger partial charge in [0.2, 0.25) is 0 Å². The van der Waals surface area contributed by atoms with Crippen molar-refractivity contribution in [1.82, 2.24) is 5.32 Å². The van der Waals surface area contributed by atoms with Crippen molar-refractivity contribution in [3.63, 3.8) is 0 Å². The second-order valence-corrected chi connectivity index (χ2v) is 12.2. The summed E-state index contributed by atoms with van der Waals surface area (Å²) in [4.78, 5) is 0. The summed E-state index contributed by atoms with van der Waals surface area (Å²) in [5, 5.41) is 5.79. The Kier molecular flexibility index (Phi) is 4.66. The van der Waals surface area contributed by atoms with Crippen LogP contribution in [0.25, 0.3) is 0 Å². The predicted molar refractivity (Wildman–Crippen MR) is 91.3 cm³/mol. The summed E-state index contributed by atoms with van der Waals surface area (Å²) in [6.45, 7) is 10.7. The van der Waals surface area contributed by atoms with Gasteiger partial charge in [-0.15, -0.1) is 0 Å². The molecular weight excluding hydrogens is 258 g/mol. The van der Waals surface area contributed by atoms with E-state index >= 15 is 0 Å². The van der Waals surface area contributed by atoms with Gasteiger partial charge in [-0.3, -0.25) is 0 Å². The number of benzene rings is 1. The molecule has 0 spiro atoms. The summed E-state index contributed by atoms with van der Waals surface area (Å²) in [6, 6.07) is 10.7. The molecule has 1 aliphatic rings. The Hall–Kier alpha value is -1.12. The highest BCUT2D eigenvalue weighted by atomic mass is 28.3. The van der Waals surface area contributed by atoms with E-state index in [1.165, 1.54) is 5.56 Å². The lowest BCUT2D eigenvalue weighted by atomic mass is 10.2. The van der Waals surface area contributed by atoms with Gasteiger partial charge in [0.05, 0.1) is 8.07 Å². The number of hydrogen-bond acceptors (Lipinski definition) is 1. The van der Waals surface area contributed by atoms with Gasteiger partial charge in [-0.2, -0.15) is 0 Å². The van der Waals surface area contributed by atoms with Crippen LogP contribution in [0, 0.1) is 0 Å². The standard InChI is InChI=1S/C18H27NSi/c1-18(2,3)20(4,17-12-8-9-13-17)15-19-14-16-10-6-5-7-11-16/h5-12,19H,13-15H2,1-4H3. The van der Waals surface area contributed by atoms with Gasteiger partial charge in [0.25, 0.3) is 0 Å². The van der Waals surface area contributed by atoms with Crippen LogP contribution in [-0.2, 0) is 6.54 Å². The highest BCUT2D eigenvalue weighted by Gasteiger charge is 2.42. The fourth-order valence-electron chi connectivity index (χ4n) is 2.77. The summed E-state index contributed by atoms with van der Waals surface area (Å²) in [5.74, 6) is 0. The second-order valence-electron chi connectivity index (χ2n) is 7.00. The average molecular weight is 286 g/mol. The molecule has 0 bridgehead atoms. The summed E-state index contributed by atoms with van der Waals surface area (Å²) in [7, 11) is -1.48. The van der Waals surface area contributed by atoms with E-state index in [4.69, 9.17) is 0 Å². The molecule has 2 rings (SSSR count). The van der Waals surface area contributed by atoms with E-state index in [2.05, 4.69) is 81.2 Å². The highest BCUT2D eigenvalue weighted by molar-refractivity contribution is 6.88. The topological polar surface area (TPSA) is 12.0 Å². The largest absolute Gasteiger partial charge is 0.315 e. The normalized spacial score (nSPS) is 17.9. The fraction of sp³-hybridized carbons (Fsp3) is 0.444. The van der Waals surface area contributed by atoms with E-state index < -0.39 is 8.07 Å². The Balaban J connectivity index is 2.02. The zero-order valence-electron chi connectivity index (χ0n) is 13.2. The summed E-state index contributed by atoms with van der Waals surface area (Å²) < 4.78 is 0. The van der Waals surface area contributed by atoms with Crippen molar-refractivity contribution in [2.24, 2.45) is 0 Å². The van der Waals surface area contributed by atoms with Crippen LogP contribution in [0.15, 0.2) is 53.8 Å². The summed E-state index contributed by atoms with van der Waals surface area (Å²) in [5.41, 5.74) is 1.37. The first kappa shape index (κ1) is 15.3. The fourth-order valence-corrected chi connectivity index (χ4v) is 6.15. The Bertz CT molecular complexity index is 496. The van der Waals surface area contributed by atoms with E-state index in [1.54, 1.807) is 5.20 Å². The summed E-state index contributed by atoms with van der Waals surface area (Å²) >= 11 is 0. The maximum atomic E-state index is 3.72. The van der Waals surface area contributed by atoms with E-state index in [9.17, 15) is 0 Å². The first-order valence-electron chi connectivity index (χ1n) is 7.54. The van der Waals surface area contributed by atoms with E-state index in [0.717, 1.165) is 19.1 Å². The molecule has 0 fully saturated rings. The number of rotatable bonds is 5. The van der Waals surface area contributed by atoms with Crippen LogP contribution in [0.4, 0.5) is 0 Å². The zero-order valence-corrected chi connectivity index (χ0v) is 14.2. The lowest BCUT2D eigenvalue weighted by Crippen LogP contribution is -2.51. The maximum Gasteiger partial charge on any atom is 0.0980 e. The molecule has 108 valence electrons. The van der Waals surface area contributed by atoms with Crippen LogP contribution >= 0.6 is 0 Å². The van der Waals surface area contributed by atoms with Gasteiger partial charge in [-0.1, -0.05) is 81.1 Å². The zero-order chi connectivity index (χ0) is 14.6. The highest BCUT2D eigenvalue weighted by Crippen LogP contribution is 2.42. The number of allylic oxidation sites excluding steroid dienone is 4. The lowest BCUT2D eigenvalue weighted by molar-refractivity contribution is 0.683. The third-order valence-corrected chi connectivity index (χ3v) is 10.8. The minimum atomic E-state index is -1.48. The van der Waals surface area contributed by atoms with Gasteiger partial charge in [0.1, 0.15) is 0 Å². The Labute approximate surface area is 124 Å². The molecule has 0 aromatic heterocycles.